The van der Waals surface area contributed by atoms with E-state index in [1.54, 1.807) is 0 Å². The van der Waals surface area contributed by atoms with Crippen molar-refractivity contribution in [3.8, 4) is 0 Å². The molecule has 2 rings (SSSR count). The van der Waals surface area contributed by atoms with Crippen molar-refractivity contribution in [3.05, 3.63) is 22.2 Å². The predicted molar refractivity (Wildman–Crippen MR) is 73.9 cm³/mol. The van der Waals surface area contributed by atoms with Gasteiger partial charge >= 0.3 is 0 Å². The molecule has 1 aromatic heterocycles. The molecule has 0 spiro atoms. The van der Waals surface area contributed by atoms with Gasteiger partial charge < -0.3 is 10.3 Å². The van der Waals surface area contributed by atoms with E-state index in [2.05, 4.69) is 22.2 Å². The number of pyridine rings is 1. The Labute approximate surface area is 111 Å². The van der Waals surface area contributed by atoms with Gasteiger partial charge in [-0.1, -0.05) is 6.92 Å². The zero-order chi connectivity index (χ0) is 13.8. The van der Waals surface area contributed by atoms with Crippen LogP contribution in [0.15, 0.2) is 12.1 Å². The first-order valence-corrected chi connectivity index (χ1v) is 6.48. The van der Waals surface area contributed by atoms with Crippen LogP contribution in [0.4, 0.5) is 17.3 Å². The summed E-state index contributed by atoms with van der Waals surface area (Å²) in [5.41, 5.74) is 2.39. The van der Waals surface area contributed by atoms with Gasteiger partial charge in [0, 0.05) is 13.1 Å². The second kappa shape index (κ2) is 5.83. The first-order chi connectivity index (χ1) is 9.10. The Kier molecular flexibility index (Phi) is 4.16. The highest BCUT2D eigenvalue weighted by Crippen LogP contribution is 2.26. The average molecular weight is 265 g/mol. The third-order valence-corrected chi connectivity index (χ3v) is 3.50. The van der Waals surface area contributed by atoms with Crippen LogP contribution in [-0.2, 0) is 0 Å². The van der Waals surface area contributed by atoms with E-state index in [0.29, 0.717) is 17.6 Å². The Balaban J connectivity index is 2.27. The summed E-state index contributed by atoms with van der Waals surface area (Å²) >= 11 is 0. The molecule has 2 heterocycles. The van der Waals surface area contributed by atoms with Gasteiger partial charge in [-0.15, -0.1) is 0 Å². The Bertz CT molecular complexity index is 465. The largest absolute Gasteiger partial charge is 0.356 e. The number of nitrogens with two attached hydrogens (primary N) is 1. The zero-order valence-electron chi connectivity index (χ0n) is 11.0. The van der Waals surface area contributed by atoms with E-state index in [-0.39, 0.29) is 5.69 Å². The lowest BCUT2D eigenvalue weighted by Crippen LogP contribution is -2.25. The Morgan fingerprint density at radius 1 is 1.47 bits per heavy atom. The second-order valence-corrected chi connectivity index (χ2v) is 4.99. The minimum atomic E-state index is -0.424. The fourth-order valence-corrected chi connectivity index (χ4v) is 2.34. The van der Waals surface area contributed by atoms with Crippen molar-refractivity contribution in [2.24, 2.45) is 11.8 Å². The first kappa shape index (κ1) is 13.5. The number of hydrazine groups is 1. The zero-order valence-corrected chi connectivity index (χ0v) is 11.0. The molecule has 1 atom stereocenters. The molecule has 0 aliphatic carbocycles. The van der Waals surface area contributed by atoms with E-state index in [1.807, 2.05) is 0 Å². The molecule has 1 aliphatic heterocycles. The van der Waals surface area contributed by atoms with Gasteiger partial charge in [0.05, 0.1) is 17.1 Å². The van der Waals surface area contributed by atoms with Crippen LogP contribution in [0.3, 0.4) is 0 Å². The topological polar surface area (TPSA) is 97.3 Å². The summed E-state index contributed by atoms with van der Waals surface area (Å²) in [6.45, 7) is 3.99. The number of nitro groups is 1. The molecular weight excluding hydrogens is 246 g/mol. The Morgan fingerprint density at radius 3 is 2.95 bits per heavy atom. The van der Waals surface area contributed by atoms with Gasteiger partial charge in [0.25, 0.3) is 5.69 Å². The highest BCUT2D eigenvalue weighted by atomic mass is 16.6. The molecule has 0 amide bonds. The molecule has 7 heteroatoms. The summed E-state index contributed by atoms with van der Waals surface area (Å²) in [4.78, 5) is 16.9. The molecule has 7 nitrogen and oxygen atoms in total. The highest BCUT2D eigenvalue weighted by Gasteiger charge is 2.18. The van der Waals surface area contributed by atoms with Gasteiger partial charge in [-0.25, -0.2) is 10.8 Å². The summed E-state index contributed by atoms with van der Waals surface area (Å²) in [6.07, 6.45) is 3.35. The maximum absolute atomic E-state index is 10.9. The van der Waals surface area contributed by atoms with Gasteiger partial charge in [-0.2, -0.15) is 0 Å². The third kappa shape index (κ3) is 3.31. The molecule has 3 N–H and O–H groups in total. The van der Waals surface area contributed by atoms with Gasteiger partial charge in [-0.05, 0) is 25.2 Å². The van der Waals surface area contributed by atoms with Crippen LogP contribution < -0.4 is 16.2 Å². The van der Waals surface area contributed by atoms with Crippen LogP contribution in [0.25, 0.3) is 0 Å². The van der Waals surface area contributed by atoms with Gasteiger partial charge in [0.1, 0.15) is 11.6 Å². The first-order valence-electron chi connectivity index (χ1n) is 6.48. The molecule has 0 aromatic carbocycles. The molecular formula is C12H19N5O2. The summed E-state index contributed by atoms with van der Waals surface area (Å²) in [5.74, 6) is 6.95. The van der Waals surface area contributed by atoms with Crippen molar-refractivity contribution >= 4 is 17.3 Å². The average Bonchev–Trinajstić information content (AvgIpc) is 2.63. The summed E-state index contributed by atoms with van der Waals surface area (Å²) < 4.78 is 0. The van der Waals surface area contributed by atoms with Crippen LogP contribution in [0.1, 0.15) is 26.2 Å². The molecule has 19 heavy (non-hydrogen) atoms. The number of aromatic nitrogens is 1. The van der Waals surface area contributed by atoms with Crippen LogP contribution in [-0.4, -0.2) is 23.0 Å². The van der Waals surface area contributed by atoms with E-state index in [9.17, 15) is 10.1 Å². The Hall–Kier alpha value is -1.89. The van der Waals surface area contributed by atoms with E-state index >= 15 is 0 Å². The lowest BCUT2D eigenvalue weighted by atomic mass is 10.0. The monoisotopic (exact) mass is 265 g/mol. The van der Waals surface area contributed by atoms with Crippen LogP contribution in [0.2, 0.25) is 0 Å². The van der Waals surface area contributed by atoms with E-state index in [0.717, 1.165) is 25.9 Å². The number of anilines is 2. The fraction of sp³-hybridized carbons (Fsp3) is 0.583. The van der Waals surface area contributed by atoms with Crippen LogP contribution in [0, 0.1) is 16.0 Å². The minimum absolute atomic E-state index is 0.00949. The molecule has 0 radical (unpaired) electrons. The molecule has 1 saturated heterocycles. The summed E-state index contributed by atoms with van der Waals surface area (Å²) in [7, 11) is 0. The molecule has 1 aliphatic rings. The molecule has 1 aromatic rings. The van der Waals surface area contributed by atoms with Crippen LogP contribution >= 0.6 is 0 Å². The minimum Gasteiger partial charge on any atom is -0.356 e. The van der Waals surface area contributed by atoms with Gasteiger partial charge in [0.15, 0.2) is 0 Å². The third-order valence-electron chi connectivity index (χ3n) is 3.50. The second-order valence-electron chi connectivity index (χ2n) is 4.99. The normalized spacial score (nSPS) is 19.9. The SMILES string of the molecule is CC1CCCN(c2cc([N+](=O)[O-])cc(NN)n2)CC1. The van der Waals surface area contributed by atoms with Crippen molar-refractivity contribution in [3.63, 3.8) is 0 Å². The van der Waals surface area contributed by atoms with E-state index < -0.39 is 4.92 Å². The van der Waals surface area contributed by atoms with Crippen molar-refractivity contribution in [2.75, 3.05) is 23.4 Å². The maximum Gasteiger partial charge on any atom is 0.276 e. The van der Waals surface area contributed by atoms with Crippen molar-refractivity contribution in [2.45, 2.75) is 26.2 Å². The molecule has 104 valence electrons. The predicted octanol–water partition coefficient (Wildman–Crippen LogP) is 1.90. The number of hydrogen-bond donors (Lipinski definition) is 2. The molecule has 1 fully saturated rings. The highest BCUT2D eigenvalue weighted by molar-refractivity contribution is 5.55. The molecule has 1 unspecified atom stereocenters. The summed E-state index contributed by atoms with van der Waals surface area (Å²) in [5, 5.41) is 10.9. The standard InChI is InChI=1S/C12H19N5O2/c1-9-3-2-5-16(6-4-9)12-8-10(17(18)19)7-11(14-12)15-13/h7-9H,2-6,13H2,1H3,(H,14,15). The number of rotatable bonds is 3. The van der Waals surface area contributed by atoms with Crippen molar-refractivity contribution in [1.82, 2.24) is 4.98 Å². The number of hydrogen-bond acceptors (Lipinski definition) is 6. The lowest BCUT2D eigenvalue weighted by Gasteiger charge is -2.21. The molecule has 0 bridgehead atoms. The Morgan fingerprint density at radius 2 is 2.26 bits per heavy atom. The van der Waals surface area contributed by atoms with Crippen molar-refractivity contribution in [1.29, 1.82) is 0 Å². The lowest BCUT2D eigenvalue weighted by molar-refractivity contribution is -0.384. The van der Waals surface area contributed by atoms with E-state index in [4.69, 9.17) is 5.84 Å². The maximum atomic E-state index is 10.9. The molecule has 0 saturated carbocycles. The smallest absolute Gasteiger partial charge is 0.276 e. The van der Waals surface area contributed by atoms with Gasteiger partial charge in [-0.3, -0.25) is 10.1 Å². The fourth-order valence-electron chi connectivity index (χ4n) is 2.34. The summed E-state index contributed by atoms with van der Waals surface area (Å²) in [6, 6.07) is 2.85. The number of nitrogen functional groups attached to an aromatic ring is 1. The van der Waals surface area contributed by atoms with Gasteiger partial charge in [0.2, 0.25) is 0 Å². The van der Waals surface area contributed by atoms with Crippen molar-refractivity contribution < 1.29 is 4.92 Å². The number of nitrogens with zero attached hydrogens (tertiary/aromatic N) is 3. The van der Waals surface area contributed by atoms with E-state index in [1.165, 1.54) is 18.6 Å². The quantitative estimate of drug-likeness (QED) is 0.492. The number of nitrogens with one attached hydrogen (secondary N) is 1. The van der Waals surface area contributed by atoms with Crippen LogP contribution in [0.5, 0.6) is 0 Å².